The van der Waals surface area contributed by atoms with Crippen molar-refractivity contribution in [2.24, 2.45) is 11.7 Å². The maximum atomic E-state index is 6.45. The van der Waals surface area contributed by atoms with Crippen molar-refractivity contribution in [3.8, 4) is 5.88 Å². The molecule has 0 radical (unpaired) electrons. The Labute approximate surface area is 103 Å². The molecule has 1 saturated carbocycles. The van der Waals surface area contributed by atoms with Crippen LogP contribution in [-0.4, -0.2) is 22.8 Å². The van der Waals surface area contributed by atoms with E-state index in [-0.39, 0.29) is 5.54 Å². The van der Waals surface area contributed by atoms with Gasteiger partial charge in [-0.05, 0) is 24.8 Å². The van der Waals surface area contributed by atoms with Crippen molar-refractivity contribution in [3.63, 3.8) is 0 Å². The first-order valence-electron chi connectivity index (χ1n) is 6.27. The minimum Gasteiger partial charge on any atom is -0.480 e. The van der Waals surface area contributed by atoms with Crippen LogP contribution in [0.3, 0.4) is 0 Å². The van der Waals surface area contributed by atoms with E-state index in [2.05, 4.69) is 17.1 Å². The molecule has 2 atom stereocenters. The van der Waals surface area contributed by atoms with Gasteiger partial charge in [-0.3, -0.25) is 0 Å². The van der Waals surface area contributed by atoms with Crippen molar-refractivity contribution in [1.29, 1.82) is 0 Å². The van der Waals surface area contributed by atoms with E-state index >= 15 is 0 Å². The van der Waals surface area contributed by atoms with Gasteiger partial charge >= 0.3 is 0 Å². The highest BCUT2D eigenvalue weighted by Gasteiger charge is 2.31. The number of hydrogen-bond donors (Lipinski definition) is 1. The van der Waals surface area contributed by atoms with Gasteiger partial charge in [-0.1, -0.05) is 19.8 Å². The Morgan fingerprint density at radius 1 is 1.47 bits per heavy atom. The SMILES string of the molecule is COc1ccc(CC2(N)CCCC(C)C2)nn1. The van der Waals surface area contributed by atoms with Crippen LogP contribution in [0, 0.1) is 5.92 Å². The molecule has 94 valence electrons. The zero-order valence-electron chi connectivity index (χ0n) is 10.6. The topological polar surface area (TPSA) is 61.0 Å². The minimum absolute atomic E-state index is 0.0963. The highest BCUT2D eigenvalue weighted by atomic mass is 16.5. The summed E-state index contributed by atoms with van der Waals surface area (Å²) >= 11 is 0. The number of ether oxygens (including phenoxy) is 1. The van der Waals surface area contributed by atoms with E-state index in [0.717, 1.165) is 30.9 Å². The third kappa shape index (κ3) is 3.16. The first kappa shape index (κ1) is 12.3. The average Bonchev–Trinajstić information content (AvgIpc) is 2.29. The van der Waals surface area contributed by atoms with Gasteiger partial charge in [0.05, 0.1) is 12.8 Å². The molecule has 4 heteroatoms. The van der Waals surface area contributed by atoms with Crippen LogP contribution >= 0.6 is 0 Å². The van der Waals surface area contributed by atoms with Crippen LogP contribution in [0.2, 0.25) is 0 Å². The molecule has 0 spiro atoms. The summed E-state index contributed by atoms with van der Waals surface area (Å²) < 4.78 is 5.00. The Kier molecular flexibility index (Phi) is 3.62. The summed E-state index contributed by atoms with van der Waals surface area (Å²) in [6, 6.07) is 3.80. The van der Waals surface area contributed by atoms with E-state index in [9.17, 15) is 0 Å². The summed E-state index contributed by atoms with van der Waals surface area (Å²) in [7, 11) is 1.59. The molecule has 2 unspecified atom stereocenters. The van der Waals surface area contributed by atoms with Crippen molar-refractivity contribution < 1.29 is 4.74 Å². The van der Waals surface area contributed by atoms with E-state index in [1.807, 2.05) is 12.1 Å². The lowest BCUT2D eigenvalue weighted by Gasteiger charge is -2.36. The molecule has 2 N–H and O–H groups in total. The second-order valence-corrected chi connectivity index (χ2v) is 5.31. The zero-order chi connectivity index (χ0) is 12.3. The van der Waals surface area contributed by atoms with Gasteiger partial charge < -0.3 is 10.5 Å². The van der Waals surface area contributed by atoms with Crippen molar-refractivity contribution in [3.05, 3.63) is 17.8 Å². The minimum atomic E-state index is -0.0963. The number of nitrogens with two attached hydrogens (primary N) is 1. The Hall–Kier alpha value is -1.16. The lowest BCUT2D eigenvalue weighted by atomic mass is 9.75. The van der Waals surface area contributed by atoms with Gasteiger partial charge in [0.2, 0.25) is 5.88 Å². The van der Waals surface area contributed by atoms with E-state index in [1.54, 1.807) is 7.11 Å². The molecule has 1 fully saturated rings. The fourth-order valence-electron chi connectivity index (χ4n) is 2.77. The van der Waals surface area contributed by atoms with E-state index in [4.69, 9.17) is 10.5 Å². The van der Waals surface area contributed by atoms with Crippen LogP contribution in [0.15, 0.2) is 12.1 Å². The van der Waals surface area contributed by atoms with Gasteiger partial charge in [0, 0.05) is 18.0 Å². The zero-order valence-corrected chi connectivity index (χ0v) is 10.6. The number of nitrogens with zero attached hydrogens (tertiary/aromatic N) is 2. The Bertz CT molecular complexity index is 365. The lowest BCUT2D eigenvalue weighted by molar-refractivity contribution is 0.233. The van der Waals surface area contributed by atoms with E-state index in [1.165, 1.54) is 12.8 Å². The van der Waals surface area contributed by atoms with Crippen molar-refractivity contribution in [2.75, 3.05) is 7.11 Å². The third-order valence-electron chi connectivity index (χ3n) is 3.56. The number of rotatable bonds is 3. The Morgan fingerprint density at radius 3 is 2.88 bits per heavy atom. The second kappa shape index (κ2) is 5.00. The van der Waals surface area contributed by atoms with E-state index in [0.29, 0.717) is 5.88 Å². The molecular formula is C13H21N3O. The summed E-state index contributed by atoms with van der Waals surface area (Å²) in [4.78, 5) is 0. The smallest absolute Gasteiger partial charge is 0.233 e. The molecule has 1 aliphatic rings. The molecule has 0 aromatic carbocycles. The first-order valence-corrected chi connectivity index (χ1v) is 6.27. The Balaban J connectivity index is 2.03. The summed E-state index contributed by atoms with van der Waals surface area (Å²) in [6.07, 6.45) is 5.51. The predicted octanol–water partition coefficient (Wildman–Crippen LogP) is 1.94. The number of hydrogen-bond acceptors (Lipinski definition) is 4. The lowest BCUT2D eigenvalue weighted by Crippen LogP contribution is -2.46. The van der Waals surface area contributed by atoms with Gasteiger partial charge in [0.15, 0.2) is 0 Å². The molecule has 0 saturated heterocycles. The molecule has 4 nitrogen and oxygen atoms in total. The van der Waals surface area contributed by atoms with Crippen LogP contribution in [0.25, 0.3) is 0 Å². The number of methoxy groups -OCH3 is 1. The standard InChI is InChI=1S/C13H21N3O/c1-10-4-3-7-13(14,8-10)9-11-5-6-12(17-2)16-15-11/h5-6,10H,3-4,7-9,14H2,1-2H3. The monoisotopic (exact) mass is 235 g/mol. The second-order valence-electron chi connectivity index (χ2n) is 5.31. The van der Waals surface area contributed by atoms with Crippen LogP contribution in [0.1, 0.15) is 38.3 Å². The van der Waals surface area contributed by atoms with Crippen LogP contribution < -0.4 is 10.5 Å². The van der Waals surface area contributed by atoms with Crippen molar-refractivity contribution in [2.45, 2.75) is 44.6 Å². The van der Waals surface area contributed by atoms with Gasteiger partial charge in [-0.15, -0.1) is 5.10 Å². The molecule has 0 amide bonds. The van der Waals surface area contributed by atoms with E-state index < -0.39 is 0 Å². The predicted molar refractivity (Wildman–Crippen MR) is 66.8 cm³/mol. The third-order valence-corrected chi connectivity index (χ3v) is 3.56. The molecular weight excluding hydrogens is 214 g/mol. The molecule has 2 rings (SSSR count). The van der Waals surface area contributed by atoms with Gasteiger partial charge in [0.1, 0.15) is 0 Å². The maximum absolute atomic E-state index is 6.45. The van der Waals surface area contributed by atoms with Crippen LogP contribution in [0.5, 0.6) is 5.88 Å². The molecule has 1 aromatic heterocycles. The summed E-state index contributed by atoms with van der Waals surface area (Å²) in [6.45, 7) is 2.28. The van der Waals surface area contributed by atoms with Crippen molar-refractivity contribution >= 4 is 0 Å². The summed E-state index contributed by atoms with van der Waals surface area (Å²) in [5.74, 6) is 1.27. The molecule has 1 aromatic rings. The highest BCUT2D eigenvalue weighted by molar-refractivity contribution is 5.14. The van der Waals surface area contributed by atoms with Gasteiger partial charge in [0.25, 0.3) is 0 Å². The molecule has 0 bridgehead atoms. The first-order chi connectivity index (χ1) is 8.11. The maximum Gasteiger partial charge on any atom is 0.233 e. The van der Waals surface area contributed by atoms with Crippen molar-refractivity contribution in [1.82, 2.24) is 10.2 Å². The quantitative estimate of drug-likeness (QED) is 0.869. The number of aromatic nitrogens is 2. The highest BCUT2D eigenvalue weighted by Crippen LogP contribution is 2.32. The van der Waals surface area contributed by atoms with Crippen LogP contribution in [-0.2, 0) is 6.42 Å². The summed E-state index contributed by atoms with van der Waals surface area (Å²) in [5.41, 5.74) is 7.32. The summed E-state index contributed by atoms with van der Waals surface area (Å²) in [5, 5.41) is 8.14. The molecule has 0 aliphatic heterocycles. The average molecular weight is 235 g/mol. The molecule has 17 heavy (non-hydrogen) atoms. The largest absolute Gasteiger partial charge is 0.480 e. The fraction of sp³-hybridized carbons (Fsp3) is 0.692. The molecule has 1 aliphatic carbocycles. The Morgan fingerprint density at radius 2 is 2.29 bits per heavy atom. The normalized spacial score (nSPS) is 29.0. The van der Waals surface area contributed by atoms with Crippen LogP contribution in [0.4, 0.5) is 0 Å². The van der Waals surface area contributed by atoms with Gasteiger partial charge in [-0.25, -0.2) is 0 Å². The fourth-order valence-corrected chi connectivity index (χ4v) is 2.77. The molecule has 1 heterocycles. The van der Waals surface area contributed by atoms with Gasteiger partial charge in [-0.2, -0.15) is 5.10 Å².